The van der Waals surface area contributed by atoms with Gasteiger partial charge in [0.15, 0.2) is 0 Å². The number of morpholine rings is 1. The van der Waals surface area contributed by atoms with Crippen LogP contribution in [-0.2, 0) is 11.3 Å². The third kappa shape index (κ3) is 4.67. The second kappa shape index (κ2) is 9.86. The standard InChI is InChI=1S/C26H23N5O4/c32-24(19-7-2-1-3-8-19)31-18-22(26(34)29-13-15-35-16-14-29)23(28-31)21-10-6-12-30(25(21)33)17-20-9-4-5-11-27-20/h1-12,18H,13-17H2. The molecule has 0 N–H and O–H groups in total. The van der Waals surface area contributed by atoms with Crippen molar-refractivity contribution in [2.24, 2.45) is 0 Å². The van der Waals surface area contributed by atoms with Gasteiger partial charge in [0.1, 0.15) is 5.69 Å². The molecule has 1 aliphatic heterocycles. The third-order valence-electron chi connectivity index (χ3n) is 5.81. The van der Waals surface area contributed by atoms with Crippen LogP contribution >= 0.6 is 0 Å². The number of carbonyl (C=O) groups is 2. The Labute approximate surface area is 201 Å². The fourth-order valence-corrected chi connectivity index (χ4v) is 3.99. The van der Waals surface area contributed by atoms with Crippen molar-refractivity contribution in [3.05, 3.63) is 106 Å². The minimum absolute atomic E-state index is 0.172. The monoisotopic (exact) mass is 469 g/mol. The topological polar surface area (TPSA) is 99.3 Å². The van der Waals surface area contributed by atoms with Crippen molar-refractivity contribution in [1.29, 1.82) is 0 Å². The Bertz CT molecular complexity index is 1410. The fraction of sp³-hybridized carbons (Fsp3) is 0.192. The normalized spacial score (nSPS) is 13.5. The Morgan fingerprint density at radius 2 is 1.69 bits per heavy atom. The molecule has 0 radical (unpaired) electrons. The van der Waals surface area contributed by atoms with Crippen LogP contribution in [0.1, 0.15) is 26.4 Å². The van der Waals surface area contributed by atoms with Gasteiger partial charge < -0.3 is 14.2 Å². The second-order valence-corrected chi connectivity index (χ2v) is 8.09. The van der Waals surface area contributed by atoms with Crippen LogP contribution in [0.2, 0.25) is 0 Å². The number of amides is 1. The van der Waals surface area contributed by atoms with Crippen molar-refractivity contribution >= 4 is 11.8 Å². The smallest absolute Gasteiger partial charge is 0.278 e. The molecule has 1 amide bonds. The Morgan fingerprint density at radius 1 is 0.914 bits per heavy atom. The lowest BCUT2D eigenvalue weighted by Crippen LogP contribution is -2.40. The molecule has 0 aliphatic carbocycles. The highest BCUT2D eigenvalue weighted by Gasteiger charge is 2.27. The van der Waals surface area contributed by atoms with Crippen LogP contribution in [0.5, 0.6) is 0 Å². The van der Waals surface area contributed by atoms with Crippen LogP contribution in [0.3, 0.4) is 0 Å². The van der Waals surface area contributed by atoms with Gasteiger partial charge in [0, 0.05) is 37.2 Å². The Morgan fingerprint density at radius 3 is 2.43 bits per heavy atom. The van der Waals surface area contributed by atoms with E-state index in [0.717, 1.165) is 10.4 Å². The molecule has 0 spiro atoms. The van der Waals surface area contributed by atoms with Crippen LogP contribution in [0.15, 0.2) is 84.0 Å². The van der Waals surface area contributed by atoms with Crippen molar-refractivity contribution in [2.45, 2.75) is 6.54 Å². The average Bonchev–Trinajstić information content (AvgIpc) is 3.36. The van der Waals surface area contributed by atoms with E-state index >= 15 is 0 Å². The van der Waals surface area contributed by atoms with Gasteiger partial charge in [-0.15, -0.1) is 0 Å². The maximum absolute atomic E-state index is 13.4. The van der Waals surface area contributed by atoms with Crippen LogP contribution in [0.25, 0.3) is 11.3 Å². The SMILES string of the molecule is O=C(c1cn(C(=O)c2ccccc2)nc1-c1cccn(Cc2ccccn2)c1=O)N1CCOCC1. The molecule has 4 heterocycles. The van der Waals surface area contributed by atoms with Gasteiger partial charge in [-0.3, -0.25) is 19.4 Å². The summed E-state index contributed by atoms with van der Waals surface area (Å²) in [6.45, 7) is 1.98. The van der Waals surface area contributed by atoms with Gasteiger partial charge in [0.2, 0.25) is 0 Å². The van der Waals surface area contributed by atoms with Crippen molar-refractivity contribution < 1.29 is 14.3 Å². The lowest BCUT2D eigenvalue weighted by Gasteiger charge is -2.26. The van der Waals surface area contributed by atoms with Gasteiger partial charge in [0.05, 0.1) is 36.6 Å². The summed E-state index contributed by atoms with van der Waals surface area (Å²) >= 11 is 0. The van der Waals surface area contributed by atoms with E-state index in [1.807, 2.05) is 24.3 Å². The Balaban J connectivity index is 1.58. The molecule has 0 saturated carbocycles. The van der Waals surface area contributed by atoms with Gasteiger partial charge in [-0.05, 0) is 36.4 Å². The predicted molar refractivity (Wildman–Crippen MR) is 128 cm³/mol. The molecular weight excluding hydrogens is 446 g/mol. The molecule has 1 aromatic carbocycles. The van der Waals surface area contributed by atoms with Crippen LogP contribution in [-0.4, -0.2) is 62.3 Å². The maximum atomic E-state index is 13.4. The summed E-state index contributed by atoms with van der Waals surface area (Å²) in [6, 6.07) is 17.5. The van der Waals surface area contributed by atoms with Gasteiger partial charge in [-0.1, -0.05) is 24.3 Å². The summed E-state index contributed by atoms with van der Waals surface area (Å²) in [5.74, 6) is -0.687. The van der Waals surface area contributed by atoms with Crippen LogP contribution < -0.4 is 5.56 Å². The number of benzene rings is 1. The molecular formula is C26H23N5O4. The molecule has 35 heavy (non-hydrogen) atoms. The van der Waals surface area contributed by atoms with Gasteiger partial charge in [-0.2, -0.15) is 5.10 Å². The molecule has 0 unspecified atom stereocenters. The zero-order valence-electron chi connectivity index (χ0n) is 18.9. The van der Waals surface area contributed by atoms with Gasteiger partial charge >= 0.3 is 0 Å². The molecule has 1 saturated heterocycles. The van der Waals surface area contributed by atoms with E-state index in [2.05, 4.69) is 10.1 Å². The first-order chi connectivity index (χ1) is 17.1. The molecule has 0 atom stereocenters. The number of carbonyl (C=O) groups excluding carboxylic acids is 2. The van der Waals surface area contributed by atoms with Crippen molar-refractivity contribution in [2.75, 3.05) is 26.3 Å². The average molecular weight is 470 g/mol. The first-order valence-corrected chi connectivity index (χ1v) is 11.3. The van der Waals surface area contributed by atoms with E-state index in [1.54, 1.807) is 53.7 Å². The Kier molecular flexibility index (Phi) is 6.32. The van der Waals surface area contributed by atoms with Crippen molar-refractivity contribution in [1.82, 2.24) is 24.2 Å². The molecule has 9 nitrogen and oxygen atoms in total. The van der Waals surface area contributed by atoms with E-state index in [1.165, 1.54) is 10.8 Å². The molecule has 1 aliphatic rings. The second-order valence-electron chi connectivity index (χ2n) is 8.09. The summed E-state index contributed by atoms with van der Waals surface area (Å²) < 4.78 is 8.01. The largest absolute Gasteiger partial charge is 0.378 e. The van der Waals surface area contributed by atoms with E-state index < -0.39 is 5.91 Å². The van der Waals surface area contributed by atoms with Crippen LogP contribution in [0, 0.1) is 0 Å². The first kappa shape index (κ1) is 22.4. The zero-order valence-corrected chi connectivity index (χ0v) is 18.9. The summed E-state index contributed by atoms with van der Waals surface area (Å²) in [6.07, 6.45) is 4.74. The van der Waals surface area contributed by atoms with E-state index in [-0.39, 0.29) is 34.8 Å². The summed E-state index contributed by atoms with van der Waals surface area (Å²) in [7, 11) is 0. The highest BCUT2D eigenvalue weighted by Crippen LogP contribution is 2.22. The number of rotatable bonds is 5. The summed E-state index contributed by atoms with van der Waals surface area (Å²) in [5, 5.41) is 4.44. The highest BCUT2D eigenvalue weighted by atomic mass is 16.5. The van der Waals surface area contributed by atoms with E-state index in [9.17, 15) is 14.4 Å². The maximum Gasteiger partial charge on any atom is 0.278 e. The van der Waals surface area contributed by atoms with Crippen molar-refractivity contribution in [3.63, 3.8) is 0 Å². The first-order valence-electron chi connectivity index (χ1n) is 11.3. The van der Waals surface area contributed by atoms with E-state index in [4.69, 9.17) is 4.74 Å². The number of aromatic nitrogens is 4. The quantitative estimate of drug-likeness (QED) is 0.445. The summed E-state index contributed by atoms with van der Waals surface area (Å²) in [4.78, 5) is 45.9. The predicted octanol–water partition coefficient (Wildman–Crippen LogP) is 2.32. The molecule has 9 heteroatoms. The number of ether oxygens (including phenoxy) is 1. The highest BCUT2D eigenvalue weighted by molar-refractivity contribution is 6.02. The molecule has 1 fully saturated rings. The third-order valence-corrected chi connectivity index (χ3v) is 5.81. The zero-order chi connectivity index (χ0) is 24.2. The molecule has 0 bridgehead atoms. The number of nitrogens with zero attached hydrogens (tertiary/aromatic N) is 5. The molecule has 3 aromatic heterocycles. The minimum atomic E-state index is -0.391. The minimum Gasteiger partial charge on any atom is -0.378 e. The van der Waals surface area contributed by atoms with Gasteiger partial charge in [-0.25, -0.2) is 4.68 Å². The lowest BCUT2D eigenvalue weighted by atomic mass is 10.1. The van der Waals surface area contributed by atoms with E-state index in [0.29, 0.717) is 31.9 Å². The number of pyridine rings is 2. The number of hydrogen-bond acceptors (Lipinski definition) is 6. The van der Waals surface area contributed by atoms with Crippen LogP contribution in [0.4, 0.5) is 0 Å². The molecule has 5 rings (SSSR count). The Hall–Kier alpha value is -4.37. The molecule has 4 aromatic rings. The summed E-state index contributed by atoms with van der Waals surface area (Å²) in [5.41, 5.74) is 1.43. The lowest BCUT2D eigenvalue weighted by molar-refractivity contribution is 0.0303. The van der Waals surface area contributed by atoms with Crippen molar-refractivity contribution in [3.8, 4) is 11.3 Å². The molecule has 176 valence electrons. The number of hydrogen-bond donors (Lipinski definition) is 0. The fourth-order valence-electron chi connectivity index (χ4n) is 3.99. The van der Waals surface area contributed by atoms with Gasteiger partial charge in [0.25, 0.3) is 17.4 Å².